The first-order chi connectivity index (χ1) is 10.4. The maximum atomic E-state index is 5.59. The van der Waals surface area contributed by atoms with Gasteiger partial charge < -0.3 is 0 Å². The monoisotopic (exact) mass is 495 g/mol. The van der Waals surface area contributed by atoms with Crippen molar-refractivity contribution in [3.8, 4) is 0 Å². The average Bonchev–Trinajstić information content (AvgIpc) is 2.36. The Morgan fingerprint density at radius 1 is 1.04 bits per heavy atom. The van der Waals surface area contributed by atoms with Crippen molar-refractivity contribution in [1.82, 2.24) is 28.9 Å². The molecule has 7 nitrogen and oxygen atoms in total. The van der Waals surface area contributed by atoms with Crippen LogP contribution < -0.4 is 10.2 Å². The summed E-state index contributed by atoms with van der Waals surface area (Å²) in [7, 11) is 10.7. The van der Waals surface area contributed by atoms with E-state index in [0.29, 0.717) is 0 Å². The molecule has 0 atom stereocenters. The number of nitrogens with zero attached hydrogens (tertiary/aromatic N) is 5. The largest absolute Gasteiger partial charge is 0.107 e. The molecule has 0 amide bonds. The molecule has 1 fully saturated rings. The van der Waals surface area contributed by atoms with Gasteiger partial charge in [-0.15, -0.1) is 24.0 Å². The fourth-order valence-electron chi connectivity index (χ4n) is 3.21. The maximum absolute atomic E-state index is 5.59. The van der Waals surface area contributed by atoms with Crippen molar-refractivity contribution in [1.29, 1.82) is 0 Å². The number of rotatable bonds is 5. The molecular formula is C14H40IN7P2. The summed E-state index contributed by atoms with van der Waals surface area (Å²) in [6.07, 6.45) is 1.17. The third kappa shape index (κ3) is 5.57. The van der Waals surface area contributed by atoms with Gasteiger partial charge in [-0.1, -0.05) is 0 Å². The van der Waals surface area contributed by atoms with Crippen LogP contribution in [0.3, 0.4) is 0 Å². The van der Waals surface area contributed by atoms with Gasteiger partial charge in [0.1, 0.15) is 0 Å². The average molecular weight is 495 g/mol. The van der Waals surface area contributed by atoms with Gasteiger partial charge in [0.05, 0.1) is 0 Å². The quantitative estimate of drug-likeness (QED) is 0.452. The molecule has 0 aliphatic carbocycles. The summed E-state index contributed by atoms with van der Waals surface area (Å²) < 4.78 is 14.9. The molecule has 2 N–H and O–H groups in total. The van der Waals surface area contributed by atoms with E-state index >= 15 is 0 Å². The molecule has 0 aromatic heterocycles. The van der Waals surface area contributed by atoms with Crippen molar-refractivity contribution in [3.63, 3.8) is 0 Å². The maximum Gasteiger partial charge on any atom is -0.107 e. The second-order valence-corrected chi connectivity index (χ2v) is 14.9. The second kappa shape index (κ2) is 9.38. The van der Waals surface area contributed by atoms with Crippen molar-refractivity contribution in [2.24, 2.45) is 4.52 Å². The van der Waals surface area contributed by atoms with Gasteiger partial charge in [0, 0.05) is 0 Å². The zero-order chi connectivity index (χ0) is 18.1. The summed E-state index contributed by atoms with van der Waals surface area (Å²) in [6.45, 7) is 8.78. The predicted octanol–water partition coefficient (Wildman–Crippen LogP) is 2.96. The third-order valence-electron chi connectivity index (χ3n) is 4.03. The van der Waals surface area contributed by atoms with Crippen molar-refractivity contribution in [2.75, 3.05) is 62.4 Å². The van der Waals surface area contributed by atoms with Crippen LogP contribution in [0.2, 0.25) is 0 Å². The molecule has 0 saturated carbocycles. The summed E-state index contributed by atoms with van der Waals surface area (Å²) >= 11 is 0. The summed E-state index contributed by atoms with van der Waals surface area (Å²) in [6, 6.07) is 0. The Kier molecular flexibility index (Phi) is 9.83. The molecule has 0 radical (unpaired) electrons. The van der Waals surface area contributed by atoms with Crippen molar-refractivity contribution in [3.05, 3.63) is 0 Å². The fourth-order valence-corrected chi connectivity index (χ4v) is 12.8. The van der Waals surface area contributed by atoms with E-state index in [2.05, 4.69) is 99.0 Å². The zero-order valence-corrected chi connectivity index (χ0v) is 21.4. The first kappa shape index (κ1) is 25.1. The number of nitrogens with one attached hydrogen (secondary N) is 2. The van der Waals surface area contributed by atoms with Crippen LogP contribution in [0.1, 0.15) is 27.2 Å². The van der Waals surface area contributed by atoms with Crippen LogP contribution in [-0.4, -0.2) is 86.6 Å². The Bertz CT molecular complexity index is 422. The normalized spacial score (nSPS) is 21.0. The van der Waals surface area contributed by atoms with E-state index in [4.69, 9.17) is 4.52 Å². The fraction of sp³-hybridized carbons (Fsp3) is 1.00. The molecule has 1 rings (SSSR count). The van der Waals surface area contributed by atoms with Gasteiger partial charge in [0.25, 0.3) is 0 Å². The Morgan fingerprint density at radius 3 is 1.83 bits per heavy atom. The topological polar surface area (TPSA) is 49.4 Å². The van der Waals surface area contributed by atoms with Gasteiger partial charge in [-0.05, 0) is 0 Å². The molecule has 10 heteroatoms. The minimum atomic E-state index is -2.36. The molecule has 148 valence electrons. The Morgan fingerprint density at radius 2 is 1.50 bits per heavy atom. The van der Waals surface area contributed by atoms with Crippen LogP contribution in [0.4, 0.5) is 0 Å². The van der Waals surface area contributed by atoms with Gasteiger partial charge >= 0.3 is 144 Å². The molecule has 0 unspecified atom stereocenters. The van der Waals surface area contributed by atoms with Crippen LogP contribution in [0, 0.1) is 0 Å². The third-order valence-corrected chi connectivity index (χ3v) is 12.7. The Balaban J connectivity index is 0.00000529. The standard InChI is InChI=1S/C14H39N7P2.HI/c1-14(2,3)16-22(15-12-11-13-21(22)10)17-23(18(4)5,19(6)7)20(8)9;/h15-16,22H,11-13H2,1-10H3;1H. The van der Waals surface area contributed by atoms with Gasteiger partial charge in [0.15, 0.2) is 0 Å². The van der Waals surface area contributed by atoms with Crippen LogP contribution in [-0.2, 0) is 0 Å². The zero-order valence-electron chi connectivity index (χ0n) is 17.2. The SMILES string of the molecule is CN(C)P(=N[PH]1(NC(C)(C)C)NCCCN1C)(N(C)C)N(C)C.I. The van der Waals surface area contributed by atoms with Gasteiger partial charge in [-0.25, -0.2) is 0 Å². The van der Waals surface area contributed by atoms with E-state index in [1.165, 1.54) is 6.42 Å². The molecule has 24 heavy (non-hydrogen) atoms. The number of halogens is 1. The smallest absolute Gasteiger partial charge is 0.107 e. The Labute approximate surface area is 167 Å². The predicted molar refractivity (Wildman–Crippen MR) is 122 cm³/mol. The van der Waals surface area contributed by atoms with E-state index < -0.39 is 15.4 Å². The molecule has 1 saturated heterocycles. The molecule has 0 aromatic carbocycles. The summed E-state index contributed by atoms with van der Waals surface area (Å²) in [5, 5.41) is 7.67. The molecule has 1 heterocycles. The molecule has 1 aliphatic rings. The first-order valence-electron chi connectivity index (χ1n) is 8.30. The van der Waals surface area contributed by atoms with E-state index in [0.717, 1.165) is 13.1 Å². The van der Waals surface area contributed by atoms with Gasteiger partial charge in [-0.2, -0.15) is 0 Å². The molecule has 1 aliphatic heterocycles. The summed E-state index contributed by atoms with van der Waals surface area (Å²) in [5.41, 5.74) is 0.00885. The molecule has 0 aromatic rings. The summed E-state index contributed by atoms with van der Waals surface area (Å²) in [5.74, 6) is 0. The second-order valence-electron chi connectivity index (χ2n) is 7.93. The minimum Gasteiger partial charge on any atom is -0.107 e. The first-order valence-corrected chi connectivity index (χ1v) is 11.8. The minimum absolute atomic E-state index is 0. The van der Waals surface area contributed by atoms with Gasteiger partial charge in [0.2, 0.25) is 0 Å². The Hall–Kier alpha value is 1.15. The van der Waals surface area contributed by atoms with Gasteiger partial charge in [-0.3, -0.25) is 0 Å². The summed E-state index contributed by atoms with van der Waals surface area (Å²) in [4.78, 5) is 0. The molecule has 0 bridgehead atoms. The van der Waals surface area contributed by atoms with Crippen LogP contribution in [0.5, 0.6) is 0 Å². The van der Waals surface area contributed by atoms with E-state index in [1.807, 2.05) is 0 Å². The number of hydrogen-bond donors (Lipinski definition) is 2. The van der Waals surface area contributed by atoms with Crippen molar-refractivity contribution >= 4 is 39.3 Å². The number of hydrogen-bond acceptors (Lipinski definition) is 4. The van der Waals surface area contributed by atoms with E-state index in [1.54, 1.807) is 0 Å². The van der Waals surface area contributed by atoms with E-state index in [9.17, 15) is 0 Å². The van der Waals surface area contributed by atoms with Crippen LogP contribution in [0.25, 0.3) is 0 Å². The van der Waals surface area contributed by atoms with E-state index in [-0.39, 0.29) is 29.5 Å². The molecular weight excluding hydrogens is 455 g/mol. The van der Waals surface area contributed by atoms with Crippen LogP contribution in [0.15, 0.2) is 4.52 Å². The molecule has 0 spiro atoms. The van der Waals surface area contributed by atoms with Crippen LogP contribution >= 0.6 is 39.3 Å². The van der Waals surface area contributed by atoms with Crippen molar-refractivity contribution < 1.29 is 0 Å². The van der Waals surface area contributed by atoms with Crippen molar-refractivity contribution in [2.45, 2.75) is 32.7 Å².